The number of rotatable bonds is 6. The zero-order valence-corrected chi connectivity index (χ0v) is 22.8. The van der Waals surface area contributed by atoms with E-state index in [1.54, 1.807) is 16.8 Å². The Labute approximate surface area is 234 Å². The highest BCUT2D eigenvalue weighted by Crippen LogP contribution is 2.59. The molecule has 0 saturated carbocycles. The van der Waals surface area contributed by atoms with Gasteiger partial charge in [-0.15, -0.1) is 0 Å². The van der Waals surface area contributed by atoms with Gasteiger partial charge in [0.05, 0.1) is 30.1 Å². The van der Waals surface area contributed by atoms with Gasteiger partial charge in [-0.25, -0.2) is 0 Å². The average molecular weight is 542 g/mol. The lowest BCUT2D eigenvalue weighted by Gasteiger charge is -2.41. The van der Waals surface area contributed by atoms with Gasteiger partial charge in [0.25, 0.3) is 0 Å². The van der Waals surface area contributed by atoms with Gasteiger partial charge in [0.1, 0.15) is 11.6 Å². The van der Waals surface area contributed by atoms with Crippen LogP contribution in [-0.4, -0.2) is 81.5 Å². The number of benzene rings is 2. The van der Waals surface area contributed by atoms with Crippen molar-refractivity contribution >= 4 is 17.7 Å². The van der Waals surface area contributed by atoms with E-state index in [0.29, 0.717) is 26.1 Å². The van der Waals surface area contributed by atoms with Gasteiger partial charge >= 0.3 is 0 Å². The molecule has 208 valence electrons. The molecule has 2 aromatic rings. The van der Waals surface area contributed by atoms with Crippen molar-refractivity contribution in [1.82, 2.24) is 14.7 Å². The van der Waals surface area contributed by atoms with E-state index < -0.39 is 35.1 Å². The summed E-state index contributed by atoms with van der Waals surface area (Å²) in [5.74, 6) is -2.48. The Balaban J connectivity index is 1.52. The molecule has 0 bridgehead atoms. The molecule has 4 aliphatic rings. The van der Waals surface area contributed by atoms with Crippen LogP contribution in [0.25, 0.3) is 0 Å². The molecule has 2 fully saturated rings. The van der Waals surface area contributed by atoms with Crippen LogP contribution < -0.4 is 0 Å². The van der Waals surface area contributed by atoms with Crippen LogP contribution in [0, 0.1) is 11.8 Å². The van der Waals surface area contributed by atoms with Gasteiger partial charge in [0.2, 0.25) is 17.7 Å². The number of hydrogen-bond donors (Lipinski definition) is 1. The number of likely N-dealkylation sites (N-methyl/N-ethyl adjacent to an activating group) is 1. The van der Waals surface area contributed by atoms with Crippen LogP contribution in [0.2, 0.25) is 0 Å². The summed E-state index contributed by atoms with van der Waals surface area (Å²) >= 11 is 0. The van der Waals surface area contributed by atoms with Gasteiger partial charge in [0.15, 0.2) is 0 Å². The van der Waals surface area contributed by atoms with Crippen molar-refractivity contribution in [3.8, 4) is 0 Å². The maximum absolute atomic E-state index is 14.7. The van der Waals surface area contributed by atoms with Crippen molar-refractivity contribution in [1.29, 1.82) is 0 Å². The summed E-state index contributed by atoms with van der Waals surface area (Å²) in [6, 6.07) is 17.2. The fourth-order valence-electron chi connectivity index (χ4n) is 7.18. The molecule has 4 heterocycles. The second-order valence-corrected chi connectivity index (χ2v) is 11.2. The van der Waals surface area contributed by atoms with Crippen LogP contribution in [0.1, 0.15) is 30.5 Å². The van der Waals surface area contributed by atoms with Gasteiger partial charge in [0, 0.05) is 26.7 Å². The zero-order chi connectivity index (χ0) is 28.1. The minimum Gasteiger partial charge on any atom is -0.394 e. The molecule has 8 heteroatoms. The van der Waals surface area contributed by atoms with Crippen LogP contribution >= 0.6 is 0 Å². The number of carbonyl (C=O) groups is 3. The molecule has 0 radical (unpaired) electrons. The van der Waals surface area contributed by atoms with Crippen molar-refractivity contribution in [2.24, 2.45) is 11.8 Å². The van der Waals surface area contributed by atoms with Crippen molar-refractivity contribution in [3.63, 3.8) is 0 Å². The Kier molecular flexibility index (Phi) is 6.63. The van der Waals surface area contributed by atoms with E-state index in [0.717, 1.165) is 11.1 Å². The number of likely N-dealkylation sites (tertiary alicyclic amines) is 1. The Bertz CT molecular complexity index is 1360. The third-order valence-corrected chi connectivity index (χ3v) is 9.07. The third kappa shape index (κ3) is 3.84. The summed E-state index contributed by atoms with van der Waals surface area (Å²) in [4.78, 5) is 48.0. The van der Waals surface area contributed by atoms with E-state index in [4.69, 9.17) is 4.74 Å². The van der Waals surface area contributed by atoms with Crippen LogP contribution in [0.5, 0.6) is 0 Å². The Morgan fingerprint density at radius 3 is 2.25 bits per heavy atom. The summed E-state index contributed by atoms with van der Waals surface area (Å²) in [5.41, 5.74) is -0.694. The molecule has 0 aliphatic carbocycles. The summed E-state index contributed by atoms with van der Waals surface area (Å²) in [7, 11) is 1.73. The second-order valence-electron chi connectivity index (χ2n) is 11.2. The molecule has 2 aromatic carbocycles. The number of amides is 3. The minimum atomic E-state index is -1.36. The van der Waals surface area contributed by atoms with Crippen molar-refractivity contribution in [2.45, 2.75) is 43.2 Å². The van der Waals surface area contributed by atoms with Crippen molar-refractivity contribution in [3.05, 3.63) is 96.1 Å². The topological polar surface area (TPSA) is 90.4 Å². The largest absolute Gasteiger partial charge is 0.394 e. The highest BCUT2D eigenvalue weighted by atomic mass is 16.5. The Morgan fingerprint density at radius 2 is 1.57 bits per heavy atom. The summed E-state index contributed by atoms with van der Waals surface area (Å²) < 4.78 is 6.98. The highest BCUT2D eigenvalue weighted by molar-refractivity contribution is 6.00. The molecule has 6 atom stereocenters. The number of nitrogens with zero attached hydrogens (tertiary/aromatic N) is 3. The Morgan fingerprint density at radius 1 is 0.900 bits per heavy atom. The lowest BCUT2D eigenvalue weighted by molar-refractivity contribution is -0.157. The molecule has 40 heavy (non-hydrogen) atoms. The van der Waals surface area contributed by atoms with E-state index in [-0.39, 0.29) is 24.3 Å². The number of carbonyl (C=O) groups excluding carboxylic acids is 3. The van der Waals surface area contributed by atoms with E-state index in [9.17, 15) is 19.5 Å². The molecule has 0 aromatic heterocycles. The summed E-state index contributed by atoms with van der Waals surface area (Å²) in [6.07, 6.45) is 8.07. The lowest BCUT2D eigenvalue weighted by atomic mass is 9.73. The molecule has 1 unspecified atom stereocenters. The third-order valence-electron chi connectivity index (χ3n) is 9.07. The summed E-state index contributed by atoms with van der Waals surface area (Å²) in [6.45, 7) is 2.71. The number of aliphatic hydroxyl groups is 1. The maximum atomic E-state index is 14.7. The quantitative estimate of drug-likeness (QED) is 0.568. The van der Waals surface area contributed by atoms with Crippen LogP contribution in [-0.2, 0) is 25.7 Å². The van der Waals surface area contributed by atoms with E-state index in [2.05, 4.69) is 0 Å². The normalized spacial score (nSPS) is 32.0. The van der Waals surface area contributed by atoms with Crippen LogP contribution in [0.3, 0.4) is 0 Å². The van der Waals surface area contributed by atoms with Gasteiger partial charge in [-0.3, -0.25) is 14.4 Å². The average Bonchev–Trinajstić information content (AvgIpc) is 3.28. The standard InChI is InChI=1S/C32H35N3O5/c1-3-31-16-10-18-33(2)28(37)25(31)26-29(38)35(24(21-36)23-14-8-5-9-15-23)27-30(39)34(19-11-17-32(26,27)40-31)20-22-12-6-4-7-13-22/h4-17,24-27,36H,3,18-21H2,1-2H3/t24-,25+,26+,27?,31-,32+/m1/s1. The molecular weight excluding hydrogens is 506 g/mol. The van der Waals surface area contributed by atoms with Crippen molar-refractivity contribution < 1.29 is 24.2 Å². The molecule has 1 N–H and O–H groups in total. The minimum absolute atomic E-state index is 0.172. The van der Waals surface area contributed by atoms with Gasteiger partial charge < -0.3 is 24.5 Å². The molecule has 4 aliphatic heterocycles. The first-order valence-corrected chi connectivity index (χ1v) is 14.0. The molecular formula is C32H35N3O5. The molecule has 1 spiro atoms. The predicted octanol–water partition coefficient (Wildman–Crippen LogP) is 2.71. The monoisotopic (exact) mass is 541 g/mol. The first kappa shape index (κ1) is 26.5. The van der Waals surface area contributed by atoms with Gasteiger partial charge in [-0.1, -0.05) is 91.9 Å². The van der Waals surface area contributed by atoms with Gasteiger partial charge in [-0.05, 0) is 17.5 Å². The SMILES string of the molecule is CC[C@@]12C=CCN(C)C(=O)[C@@H]1[C@H]1C(=O)N([C@H](CO)c3ccccc3)C3C(=O)N(Cc4ccccc4)CC=C[C@@]31O2. The fraction of sp³-hybridized carbons (Fsp3) is 0.406. The maximum Gasteiger partial charge on any atom is 0.249 e. The van der Waals surface area contributed by atoms with Crippen LogP contribution in [0.15, 0.2) is 85.0 Å². The van der Waals surface area contributed by atoms with Gasteiger partial charge in [-0.2, -0.15) is 0 Å². The lowest BCUT2D eigenvalue weighted by Crippen LogP contribution is -2.56. The first-order valence-electron chi connectivity index (χ1n) is 14.0. The summed E-state index contributed by atoms with van der Waals surface area (Å²) in [5, 5.41) is 10.7. The number of ether oxygens (including phenoxy) is 1. The number of fused-ring (bicyclic) bond motifs is 2. The number of aliphatic hydroxyl groups excluding tert-OH is 1. The smallest absolute Gasteiger partial charge is 0.249 e. The van der Waals surface area contributed by atoms with E-state index in [1.165, 1.54) is 4.90 Å². The molecule has 2 saturated heterocycles. The molecule has 6 rings (SSSR count). The fourth-order valence-corrected chi connectivity index (χ4v) is 7.18. The predicted molar refractivity (Wildman–Crippen MR) is 148 cm³/mol. The van der Waals surface area contributed by atoms with Crippen molar-refractivity contribution in [2.75, 3.05) is 26.7 Å². The zero-order valence-electron chi connectivity index (χ0n) is 22.8. The highest BCUT2D eigenvalue weighted by Gasteiger charge is 2.75. The Hall–Kier alpha value is -3.75. The molecule has 3 amide bonds. The number of hydrogen-bond acceptors (Lipinski definition) is 5. The van der Waals surface area contributed by atoms with E-state index >= 15 is 0 Å². The second kappa shape index (κ2) is 10.0. The first-order chi connectivity index (χ1) is 19.4. The van der Waals surface area contributed by atoms with E-state index in [1.807, 2.05) is 91.9 Å². The molecule has 8 nitrogen and oxygen atoms in total. The van der Waals surface area contributed by atoms with Crippen LogP contribution in [0.4, 0.5) is 0 Å².